The molecule has 0 saturated heterocycles. The fourth-order valence-electron chi connectivity index (χ4n) is 2.62. The van der Waals surface area contributed by atoms with Gasteiger partial charge in [-0.15, -0.1) is 0 Å². The Labute approximate surface area is 157 Å². The summed E-state index contributed by atoms with van der Waals surface area (Å²) in [5.74, 6) is 0. The summed E-state index contributed by atoms with van der Waals surface area (Å²) < 4.78 is 0. The molecule has 124 valence electrons. The molecule has 3 heteroatoms. The van der Waals surface area contributed by atoms with Gasteiger partial charge in [0.05, 0.1) is 0 Å². The Balaban J connectivity index is 2.07. The maximum absolute atomic E-state index is 3.61. The number of hydrogen-bond donors (Lipinski definition) is 0. The summed E-state index contributed by atoms with van der Waals surface area (Å²) in [6, 6.07) is 34.9. The molecule has 0 fully saturated rings. The van der Waals surface area contributed by atoms with Crippen molar-refractivity contribution in [3.63, 3.8) is 0 Å². The third-order valence-electron chi connectivity index (χ3n) is 3.97. The van der Waals surface area contributed by atoms with Gasteiger partial charge in [0.2, 0.25) is 0 Å². The van der Waals surface area contributed by atoms with Gasteiger partial charge >= 0.3 is 158 Å². The molecule has 0 aromatic heterocycles. The molecule has 3 aromatic rings. The molecule has 0 unspecified atom stereocenters. The number of rotatable bonds is 4. The first kappa shape index (κ1) is 17.8. The number of anilines is 1. The molecule has 1 nitrogen and oxygen atoms in total. The van der Waals surface area contributed by atoms with E-state index in [9.17, 15) is 0 Å². The molecule has 0 N–H and O–H groups in total. The van der Waals surface area contributed by atoms with Crippen molar-refractivity contribution in [1.82, 2.24) is 0 Å². The fraction of sp³-hybridized carbons (Fsp3) is 0.0909. The van der Waals surface area contributed by atoms with Gasteiger partial charge in [0.1, 0.15) is 0 Å². The summed E-state index contributed by atoms with van der Waals surface area (Å²) in [5, 5.41) is 2.52. The third kappa shape index (κ3) is 4.15. The second-order valence-electron chi connectivity index (χ2n) is 5.58. The van der Waals surface area contributed by atoms with E-state index in [2.05, 4.69) is 124 Å². The summed E-state index contributed by atoms with van der Waals surface area (Å²) in [4.78, 5) is 2.11. The van der Waals surface area contributed by atoms with Crippen LogP contribution in [0.3, 0.4) is 0 Å². The van der Waals surface area contributed by atoms with Gasteiger partial charge in [-0.05, 0) is 0 Å². The average molecular weight is 408 g/mol. The van der Waals surface area contributed by atoms with Crippen molar-refractivity contribution in [2.75, 3.05) is 11.4 Å². The van der Waals surface area contributed by atoms with Crippen LogP contribution in [0.1, 0.15) is 6.92 Å². The molecule has 3 aromatic carbocycles. The molecule has 0 aliphatic carbocycles. The van der Waals surface area contributed by atoms with Crippen LogP contribution in [0.2, 0.25) is 0 Å². The minimum atomic E-state index is -1.89. The molecule has 0 heterocycles. The fourth-order valence-corrected chi connectivity index (χ4v) is 6.41. The van der Waals surface area contributed by atoms with E-state index in [-0.39, 0.29) is 0 Å². The van der Waals surface area contributed by atoms with Crippen LogP contribution in [-0.2, 0) is 0 Å². The maximum atomic E-state index is 3.61. The topological polar surface area (TPSA) is 3.24 Å². The molecule has 0 atom stereocenters. The van der Waals surface area contributed by atoms with Gasteiger partial charge < -0.3 is 0 Å². The molecule has 25 heavy (non-hydrogen) atoms. The zero-order valence-electron chi connectivity index (χ0n) is 14.2. The van der Waals surface area contributed by atoms with Gasteiger partial charge in [-0.25, -0.2) is 0 Å². The summed E-state index contributed by atoms with van der Waals surface area (Å²) in [7, 11) is 0. The summed E-state index contributed by atoms with van der Waals surface area (Å²) in [5.41, 5.74) is 2.85. The summed E-state index contributed by atoms with van der Waals surface area (Å²) in [6.07, 6.45) is 0. The van der Waals surface area contributed by atoms with Crippen molar-refractivity contribution in [2.24, 2.45) is 0 Å². The number of hydrogen-bond acceptors (Lipinski definition) is 1. The van der Waals surface area contributed by atoms with Crippen molar-refractivity contribution in [2.45, 2.75) is 6.92 Å². The van der Waals surface area contributed by atoms with E-state index in [1.165, 1.54) is 10.6 Å². The molecule has 0 saturated carbocycles. The molecular formula is C22H20NPSe. The van der Waals surface area contributed by atoms with Crippen molar-refractivity contribution in [3.05, 3.63) is 91.0 Å². The number of nitrogens with zero attached hydrogens (tertiary/aromatic N) is 1. The third-order valence-corrected chi connectivity index (χ3v) is 9.66. The Hall–Kier alpha value is -2.03. The second-order valence-corrected chi connectivity index (χ2v) is 11.5. The molecule has 3 rings (SSSR count). The molecule has 0 amide bonds. The first-order chi connectivity index (χ1) is 12.2. The molecule has 0 aliphatic rings. The average Bonchev–Trinajstić information content (AvgIpc) is 2.70. The van der Waals surface area contributed by atoms with E-state index >= 15 is 0 Å². The van der Waals surface area contributed by atoms with E-state index in [1.54, 1.807) is 0 Å². The van der Waals surface area contributed by atoms with Crippen LogP contribution >= 0.6 is 5.51 Å². The van der Waals surface area contributed by atoms with Gasteiger partial charge in [-0.1, -0.05) is 0 Å². The Morgan fingerprint density at radius 3 is 1.64 bits per heavy atom. The molecule has 0 bridgehead atoms. The van der Waals surface area contributed by atoms with Crippen LogP contribution in [0.5, 0.6) is 0 Å². The Bertz CT molecular complexity index is 868. The second kappa shape index (κ2) is 8.37. The predicted octanol–water partition coefficient (Wildman–Crippen LogP) is 4.18. The van der Waals surface area contributed by atoms with Gasteiger partial charge in [-0.3, -0.25) is 0 Å². The van der Waals surface area contributed by atoms with Crippen molar-refractivity contribution >= 4 is 36.9 Å². The Kier molecular flexibility index (Phi) is 5.95. The van der Waals surface area contributed by atoms with Crippen LogP contribution in [0.4, 0.5) is 5.69 Å². The van der Waals surface area contributed by atoms with E-state index in [0.29, 0.717) is 0 Å². The first-order valence-electron chi connectivity index (χ1n) is 8.31. The number of benzene rings is 3. The van der Waals surface area contributed by atoms with Gasteiger partial charge in [0.25, 0.3) is 0 Å². The molecule has 0 radical (unpaired) electrons. The van der Waals surface area contributed by atoms with Crippen LogP contribution < -0.4 is 15.5 Å². The quantitative estimate of drug-likeness (QED) is 0.271. The first-order valence-corrected chi connectivity index (χ1v) is 12.3. The number of para-hydroxylation sites is 1. The van der Waals surface area contributed by atoms with Gasteiger partial charge in [0, 0.05) is 0 Å². The summed E-state index contributed by atoms with van der Waals surface area (Å²) >= 11 is 3.46. The molecular weight excluding hydrogens is 388 g/mol. The molecule has 0 aliphatic heterocycles. The van der Waals surface area contributed by atoms with Crippen LogP contribution in [0, 0.1) is 11.7 Å². The van der Waals surface area contributed by atoms with E-state index < -0.39 is 5.51 Å². The SMILES string of the molecule is CCN(C#CP(=[Se])(c1ccccc1)c1ccccc1)c1ccccc1. The monoisotopic (exact) mass is 409 g/mol. The normalized spacial score (nSPS) is 10.6. The van der Waals surface area contributed by atoms with Gasteiger partial charge in [0.15, 0.2) is 0 Å². The minimum absolute atomic E-state index is 0.848. The van der Waals surface area contributed by atoms with Crippen LogP contribution in [0.15, 0.2) is 91.0 Å². The summed E-state index contributed by atoms with van der Waals surface area (Å²) in [6.45, 7) is 2.98. The zero-order valence-corrected chi connectivity index (χ0v) is 16.8. The predicted molar refractivity (Wildman–Crippen MR) is 112 cm³/mol. The van der Waals surface area contributed by atoms with Crippen LogP contribution in [-0.4, -0.2) is 21.6 Å². The van der Waals surface area contributed by atoms with Crippen molar-refractivity contribution in [3.8, 4) is 11.7 Å². The zero-order chi connectivity index (χ0) is 17.5. The van der Waals surface area contributed by atoms with Crippen molar-refractivity contribution in [1.29, 1.82) is 0 Å². The Morgan fingerprint density at radius 2 is 1.20 bits per heavy atom. The van der Waals surface area contributed by atoms with Crippen LogP contribution in [0.25, 0.3) is 0 Å². The van der Waals surface area contributed by atoms with E-state index in [1.807, 2.05) is 6.07 Å². The van der Waals surface area contributed by atoms with Crippen molar-refractivity contribution < 1.29 is 0 Å². The molecule has 0 spiro atoms. The van der Waals surface area contributed by atoms with Gasteiger partial charge in [-0.2, -0.15) is 0 Å². The van der Waals surface area contributed by atoms with E-state index in [0.717, 1.165) is 12.2 Å². The standard InChI is InChI=1S/C22H20NPSe/c1-2-23(20-12-6-3-7-13-20)18-19-24(25,21-14-8-4-9-15-21)22-16-10-5-11-17-22/h3-17H,2H2,1H3. The van der Waals surface area contributed by atoms with E-state index in [4.69, 9.17) is 0 Å². The Morgan fingerprint density at radius 1 is 0.760 bits per heavy atom.